The van der Waals surface area contributed by atoms with Crippen LogP contribution < -0.4 is 5.73 Å². The number of nitrogens with zero attached hydrogens (tertiary/aromatic N) is 2. The van der Waals surface area contributed by atoms with Crippen molar-refractivity contribution in [2.24, 2.45) is 5.73 Å². The molecule has 98 valence electrons. The van der Waals surface area contributed by atoms with Crippen LogP contribution >= 0.6 is 22.7 Å². The molecule has 0 aliphatic heterocycles. The van der Waals surface area contributed by atoms with Crippen LogP contribution in [-0.2, 0) is 6.54 Å². The van der Waals surface area contributed by atoms with Crippen LogP contribution in [0.3, 0.4) is 0 Å². The van der Waals surface area contributed by atoms with Crippen LogP contribution in [0.5, 0.6) is 0 Å². The number of rotatable bonds is 5. The highest BCUT2D eigenvalue weighted by Crippen LogP contribution is 2.26. The number of hydrogen-bond donors (Lipinski definition) is 1. The zero-order valence-corrected chi connectivity index (χ0v) is 12.6. The van der Waals surface area contributed by atoms with E-state index in [0.29, 0.717) is 0 Å². The molecular formula is C13H19N3S2. The molecule has 0 spiro atoms. The van der Waals surface area contributed by atoms with Crippen molar-refractivity contribution >= 4 is 22.7 Å². The Balaban J connectivity index is 2.11. The van der Waals surface area contributed by atoms with Gasteiger partial charge >= 0.3 is 0 Å². The molecule has 0 fully saturated rings. The average molecular weight is 281 g/mol. The van der Waals surface area contributed by atoms with Crippen molar-refractivity contribution in [1.82, 2.24) is 9.88 Å². The number of hydrogen-bond acceptors (Lipinski definition) is 5. The molecule has 2 aromatic heterocycles. The van der Waals surface area contributed by atoms with Crippen molar-refractivity contribution in [3.8, 4) is 0 Å². The highest BCUT2D eigenvalue weighted by Gasteiger charge is 2.22. The Morgan fingerprint density at radius 1 is 1.44 bits per heavy atom. The molecule has 2 unspecified atom stereocenters. The smallest absolute Gasteiger partial charge is 0.0897 e. The molecule has 5 heteroatoms. The Bertz CT molecular complexity index is 476. The maximum atomic E-state index is 6.13. The van der Waals surface area contributed by atoms with Gasteiger partial charge in [-0.1, -0.05) is 0 Å². The molecule has 0 aliphatic rings. The molecule has 3 nitrogen and oxygen atoms in total. The van der Waals surface area contributed by atoms with E-state index in [1.54, 1.807) is 22.7 Å². The monoisotopic (exact) mass is 281 g/mol. The lowest BCUT2D eigenvalue weighted by atomic mass is 10.0. The fourth-order valence-electron chi connectivity index (χ4n) is 2.24. The Hall–Kier alpha value is -0.750. The quantitative estimate of drug-likeness (QED) is 0.916. The zero-order valence-electron chi connectivity index (χ0n) is 11.0. The van der Waals surface area contributed by atoms with Gasteiger partial charge in [0.25, 0.3) is 0 Å². The highest BCUT2D eigenvalue weighted by molar-refractivity contribution is 7.09. The van der Waals surface area contributed by atoms with Gasteiger partial charge in [0.15, 0.2) is 0 Å². The van der Waals surface area contributed by atoms with Crippen LogP contribution in [0.4, 0.5) is 0 Å². The summed E-state index contributed by atoms with van der Waals surface area (Å²) in [6.07, 6.45) is 0. The minimum atomic E-state index is 0.101. The molecule has 2 rings (SSSR count). The lowest BCUT2D eigenvalue weighted by Crippen LogP contribution is -2.36. The number of nitrogens with two attached hydrogens (primary N) is 1. The van der Waals surface area contributed by atoms with Crippen LogP contribution in [-0.4, -0.2) is 23.0 Å². The normalized spacial score (nSPS) is 14.9. The third-order valence-electron chi connectivity index (χ3n) is 2.94. The standard InChI is InChI=1S/C13H19N3S2/c1-9(14)13(11-4-5-17-7-11)16(3)6-12-8-18-10(2)15-12/h4-5,7-9,13H,6,14H2,1-3H3. The second-order valence-electron chi connectivity index (χ2n) is 4.63. The van der Waals surface area contributed by atoms with Gasteiger partial charge in [0.2, 0.25) is 0 Å². The summed E-state index contributed by atoms with van der Waals surface area (Å²) >= 11 is 3.41. The molecule has 18 heavy (non-hydrogen) atoms. The highest BCUT2D eigenvalue weighted by atomic mass is 32.1. The Labute approximate surface area is 116 Å². The molecule has 2 atom stereocenters. The predicted molar refractivity (Wildman–Crippen MR) is 79.0 cm³/mol. The maximum Gasteiger partial charge on any atom is 0.0897 e. The van der Waals surface area contributed by atoms with Crippen LogP contribution in [0.25, 0.3) is 0 Å². The van der Waals surface area contributed by atoms with Crippen molar-refractivity contribution in [2.45, 2.75) is 32.5 Å². The van der Waals surface area contributed by atoms with E-state index in [9.17, 15) is 0 Å². The van der Waals surface area contributed by atoms with Gasteiger partial charge in [-0.05, 0) is 43.3 Å². The van der Waals surface area contributed by atoms with Gasteiger partial charge in [-0.25, -0.2) is 4.98 Å². The number of thiophene rings is 1. The summed E-state index contributed by atoms with van der Waals surface area (Å²) < 4.78 is 0. The molecule has 0 aromatic carbocycles. The van der Waals surface area contributed by atoms with Crippen molar-refractivity contribution in [1.29, 1.82) is 0 Å². The first-order valence-corrected chi connectivity index (χ1v) is 7.79. The van der Waals surface area contributed by atoms with Crippen molar-refractivity contribution in [3.05, 3.63) is 38.5 Å². The Morgan fingerprint density at radius 3 is 2.72 bits per heavy atom. The van der Waals surface area contributed by atoms with E-state index < -0.39 is 0 Å². The van der Waals surface area contributed by atoms with Crippen molar-refractivity contribution in [2.75, 3.05) is 7.05 Å². The van der Waals surface area contributed by atoms with Gasteiger partial charge in [0.1, 0.15) is 0 Å². The summed E-state index contributed by atoms with van der Waals surface area (Å²) in [4.78, 5) is 6.79. The summed E-state index contributed by atoms with van der Waals surface area (Å²) in [5, 5.41) is 7.52. The van der Waals surface area contributed by atoms with E-state index >= 15 is 0 Å². The summed E-state index contributed by atoms with van der Waals surface area (Å²) in [5.41, 5.74) is 8.55. The van der Waals surface area contributed by atoms with Gasteiger partial charge in [0, 0.05) is 18.0 Å². The molecule has 0 aliphatic carbocycles. The lowest BCUT2D eigenvalue weighted by molar-refractivity contribution is 0.209. The number of aromatic nitrogens is 1. The van der Waals surface area contributed by atoms with Gasteiger partial charge < -0.3 is 5.73 Å². The van der Waals surface area contributed by atoms with E-state index in [1.807, 2.05) is 6.92 Å². The molecule has 0 amide bonds. The molecule has 2 N–H and O–H groups in total. The van der Waals surface area contributed by atoms with Gasteiger partial charge in [0.05, 0.1) is 16.7 Å². The molecule has 0 radical (unpaired) electrons. The number of aryl methyl sites for hydroxylation is 1. The molecule has 2 heterocycles. The van der Waals surface area contributed by atoms with E-state index in [4.69, 9.17) is 5.73 Å². The fourth-order valence-corrected chi connectivity index (χ4v) is 3.53. The molecular weight excluding hydrogens is 262 g/mol. The van der Waals surface area contributed by atoms with Crippen molar-refractivity contribution in [3.63, 3.8) is 0 Å². The Morgan fingerprint density at radius 2 is 2.22 bits per heavy atom. The van der Waals surface area contributed by atoms with Gasteiger partial charge in [-0.2, -0.15) is 11.3 Å². The van der Waals surface area contributed by atoms with Crippen LogP contribution in [0.2, 0.25) is 0 Å². The fraction of sp³-hybridized carbons (Fsp3) is 0.462. The summed E-state index contributed by atoms with van der Waals surface area (Å²) in [5.74, 6) is 0. The third-order valence-corrected chi connectivity index (χ3v) is 4.46. The van der Waals surface area contributed by atoms with E-state index in [-0.39, 0.29) is 12.1 Å². The minimum Gasteiger partial charge on any atom is -0.326 e. The van der Waals surface area contributed by atoms with E-state index in [2.05, 4.69) is 46.1 Å². The first kappa shape index (κ1) is 13.7. The Kier molecular flexibility index (Phi) is 4.50. The molecule has 0 saturated carbocycles. The van der Waals surface area contributed by atoms with Crippen LogP contribution in [0.1, 0.15) is 29.2 Å². The first-order chi connectivity index (χ1) is 8.58. The summed E-state index contributed by atoms with van der Waals surface area (Å²) in [6.45, 7) is 4.94. The van der Waals surface area contributed by atoms with E-state index in [0.717, 1.165) is 17.2 Å². The second-order valence-corrected chi connectivity index (χ2v) is 6.48. The maximum absolute atomic E-state index is 6.13. The SMILES string of the molecule is Cc1nc(CN(C)C(c2ccsc2)C(C)N)cs1. The molecule has 2 aromatic rings. The molecule has 0 saturated heterocycles. The van der Waals surface area contributed by atoms with Crippen LogP contribution in [0.15, 0.2) is 22.2 Å². The largest absolute Gasteiger partial charge is 0.326 e. The average Bonchev–Trinajstić information content (AvgIpc) is 2.90. The molecule has 0 bridgehead atoms. The van der Waals surface area contributed by atoms with E-state index in [1.165, 1.54) is 5.56 Å². The topological polar surface area (TPSA) is 42.2 Å². The summed E-state index contributed by atoms with van der Waals surface area (Å²) in [6, 6.07) is 2.50. The predicted octanol–water partition coefficient (Wildman–Crippen LogP) is 3.03. The lowest BCUT2D eigenvalue weighted by Gasteiger charge is -2.30. The minimum absolute atomic E-state index is 0.101. The third kappa shape index (κ3) is 3.17. The zero-order chi connectivity index (χ0) is 13.1. The van der Waals surface area contributed by atoms with Crippen molar-refractivity contribution < 1.29 is 0 Å². The second kappa shape index (κ2) is 5.93. The van der Waals surface area contributed by atoms with Gasteiger partial charge in [-0.3, -0.25) is 4.90 Å². The van der Waals surface area contributed by atoms with Gasteiger partial charge in [-0.15, -0.1) is 11.3 Å². The van der Waals surface area contributed by atoms with Crippen LogP contribution in [0, 0.1) is 6.92 Å². The summed E-state index contributed by atoms with van der Waals surface area (Å²) in [7, 11) is 2.11. The number of thiazole rings is 1. The first-order valence-electron chi connectivity index (χ1n) is 5.97. The number of likely N-dealkylation sites (N-methyl/N-ethyl adjacent to an activating group) is 1.